The van der Waals surface area contributed by atoms with E-state index in [9.17, 15) is 4.79 Å². The van der Waals surface area contributed by atoms with E-state index in [1.807, 2.05) is 11.8 Å². The molecule has 4 nitrogen and oxygen atoms in total. The molecule has 88 valence electrons. The summed E-state index contributed by atoms with van der Waals surface area (Å²) in [7, 11) is 0. The molecule has 1 aliphatic rings. The van der Waals surface area contributed by atoms with Gasteiger partial charge in [0.2, 0.25) is 5.91 Å². The van der Waals surface area contributed by atoms with Crippen LogP contribution in [0, 0.1) is 0 Å². The Morgan fingerprint density at radius 1 is 1.60 bits per heavy atom. The van der Waals surface area contributed by atoms with E-state index in [1.54, 1.807) is 0 Å². The van der Waals surface area contributed by atoms with Gasteiger partial charge in [-0.05, 0) is 6.92 Å². The average molecular weight is 232 g/mol. The van der Waals surface area contributed by atoms with Gasteiger partial charge in [-0.2, -0.15) is 11.8 Å². The summed E-state index contributed by atoms with van der Waals surface area (Å²) in [6.07, 6.45) is 0. The minimum atomic E-state index is 0.00749. The van der Waals surface area contributed by atoms with Crippen LogP contribution in [0.4, 0.5) is 0 Å². The summed E-state index contributed by atoms with van der Waals surface area (Å²) in [6, 6.07) is 0.448. The molecule has 2 atom stereocenters. The molecule has 0 aromatic carbocycles. The van der Waals surface area contributed by atoms with Gasteiger partial charge >= 0.3 is 0 Å². The van der Waals surface area contributed by atoms with E-state index in [0.717, 1.165) is 12.3 Å². The lowest BCUT2D eigenvalue weighted by Gasteiger charge is -2.36. The number of amides is 1. The Labute approximate surface area is 95.4 Å². The van der Waals surface area contributed by atoms with E-state index in [-0.39, 0.29) is 12.5 Å². The highest BCUT2D eigenvalue weighted by Gasteiger charge is 2.26. The Kier molecular flexibility index (Phi) is 5.42. The standard InChI is InChI=1S/C10H20N2O2S/c1-8-9(2)15-6-4-12(8)7-10(14)11-3-5-13/h8-9,13H,3-7H2,1-2H3,(H,11,14). The molecular weight excluding hydrogens is 212 g/mol. The summed E-state index contributed by atoms with van der Waals surface area (Å²) in [5.74, 6) is 1.11. The van der Waals surface area contributed by atoms with E-state index < -0.39 is 0 Å². The predicted molar refractivity (Wildman–Crippen MR) is 63.1 cm³/mol. The molecule has 2 unspecified atom stereocenters. The van der Waals surface area contributed by atoms with Gasteiger partial charge < -0.3 is 10.4 Å². The number of carbonyl (C=O) groups excluding carboxylic acids is 1. The molecule has 0 radical (unpaired) electrons. The van der Waals surface area contributed by atoms with Crippen LogP contribution in [0.25, 0.3) is 0 Å². The Bertz CT molecular complexity index is 214. The average Bonchev–Trinajstić information content (AvgIpc) is 2.22. The fourth-order valence-electron chi connectivity index (χ4n) is 1.65. The lowest BCUT2D eigenvalue weighted by Crippen LogP contribution is -2.49. The van der Waals surface area contributed by atoms with Gasteiger partial charge in [0.05, 0.1) is 13.2 Å². The van der Waals surface area contributed by atoms with Crippen molar-refractivity contribution in [3.63, 3.8) is 0 Å². The van der Waals surface area contributed by atoms with Crippen molar-refractivity contribution in [2.75, 3.05) is 32.0 Å². The minimum absolute atomic E-state index is 0.00749. The fraction of sp³-hybridized carbons (Fsp3) is 0.900. The maximum absolute atomic E-state index is 11.5. The van der Waals surface area contributed by atoms with Crippen LogP contribution >= 0.6 is 11.8 Å². The molecule has 15 heavy (non-hydrogen) atoms. The first-order valence-electron chi connectivity index (χ1n) is 5.38. The third-order valence-electron chi connectivity index (χ3n) is 2.80. The molecule has 0 spiro atoms. The number of aliphatic hydroxyl groups excluding tert-OH is 1. The number of carbonyl (C=O) groups is 1. The van der Waals surface area contributed by atoms with E-state index in [2.05, 4.69) is 24.1 Å². The predicted octanol–water partition coefficient (Wildman–Crippen LogP) is -0.0793. The van der Waals surface area contributed by atoms with Gasteiger partial charge in [-0.25, -0.2) is 0 Å². The fourth-order valence-corrected chi connectivity index (χ4v) is 2.82. The van der Waals surface area contributed by atoms with Crippen molar-refractivity contribution >= 4 is 17.7 Å². The molecule has 1 rings (SSSR count). The highest BCUT2D eigenvalue weighted by Crippen LogP contribution is 2.23. The second kappa shape index (κ2) is 6.35. The highest BCUT2D eigenvalue weighted by atomic mass is 32.2. The maximum Gasteiger partial charge on any atom is 0.234 e. The van der Waals surface area contributed by atoms with E-state index in [1.165, 1.54) is 0 Å². The molecule has 1 saturated heterocycles. The van der Waals surface area contributed by atoms with Crippen molar-refractivity contribution in [2.45, 2.75) is 25.1 Å². The number of nitrogens with zero attached hydrogens (tertiary/aromatic N) is 1. The summed E-state index contributed by atoms with van der Waals surface area (Å²) < 4.78 is 0. The highest BCUT2D eigenvalue weighted by molar-refractivity contribution is 8.00. The Morgan fingerprint density at radius 2 is 2.33 bits per heavy atom. The second-order valence-corrected chi connectivity index (χ2v) is 5.35. The zero-order valence-corrected chi connectivity index (χ0v) is 10.2. The van der Waals surface area contributed by atoms with E-state index in [4.69, 9.17) is 5.11 Å². The van der Waals surface area contributed by atoms with Gasteiger partial charge in [-0.3, -0.25) is 9.69 Å². The number of hydrogen-bond acceptors (Lipinski definition) is 4. The number of rotatable bonds is 4. The number of aliphatic hydroxyl groups is 1. The van der Waals surface area contributed by atoms with Gasteiger partial charge in [-0.1, -0.05) is 6.92 Å². The third kappa shape index (κ3) is 4.01. The summed E-state index contributed by atoms with van der Waals surface area (Å²) >= 11 is 1.96. The molecule has 5 heteroatoms. The minimum Gasteiger partial charge on any atom is -0.395 e. The summed E-state index contributed by atoms with van der Waals surface area (Å²) in [6.45, 7) is 6.15. The second-order valence-electron chi connectivity index (χ2n) is 3.86. The topological polar surface area (TPSA) is 52.6 Å². The Morgan fingerprint density at radius 3 is 3.00 bits per heavy atom. The molecule has 0 aromatic heterocycles. The first-order chi connectivity index (χ1) is 7.15. The molecule has 1 aliphatic heterocycles. The zero-order valence-electron chi connectivity index (χ0n) is 9.40. The monoisotopic (exact) mass is 232 g/mol. The van der Waals surface area contributed by atoms with Crippen LogP contribution in [0.2, 0.25) is 0 Å². The molecular formula is C10H20N2O2S. The molecule has 0 aromatic rings. The van der Waals surface area contributed by atoms with Crippen LogP contribution in [0.5, 0.6) is 0 Å². The summed E-state index contributed by atoms with van der Waals surface area (Å²) in [5, 5.41) is 11.8. The molecule has 1 heterocycles. The number of nitrogens with one attached hydrogen (secondary N) is 1. The van der Waals surface area contributed by atoms with E-state index >= 15 is 0 Å². The Hall–Kier alpha value is -0.260. The third-order valence-corrected chi connectivity index (χ3v) is 4.13. The van der Waals surface area contributed by atoms with Gasteiger partial charge in [-0.15, -0.1) is 0 Å². The van der Waals surface area contributed by atoms with Crippen LogP contribution in [0.1, 0.15) is 13.8 Å². The van der Waals surface area contributed by atoms with Crippen molar-refractivity contribution in [1.29, 1.82) is 0 Å². The van der Waals surface area contributed by atoms with Crippen molar-refractivity contribution in [3.8, 4) is 0 Å². The molecule has 0 bridgehead atoms. The number of thioether (sulfide) groups is 1. The van der Waals surface area contributed by atoms with Crippen LogP contribution < -0.4 is 5.32 Å². The number of hydrogen-bond donors (Lipinski definition) is 2. The first-order valence-corrected chi connectivity index (χ1v) is 6.43. The molecule has 0 saturated carbocycles. The SMILES string of the molecule is CC1SCCN(CC(=O)NCCO)C1C. The van der Waals surface area contributed by atoms with Gasteiger partial charge in [0.25, 0.3) is 0 Å². The van der Waals surface area contributed by atoms with Crippen LogP contribution in [-0.4, -0.2) is 59.2 Å². The lowest BCUT2D eigenvalue weighted by molar-refractivity contribution is -0.122. The zero-order chi connectivity index (χ0) is 11.3. The van der Waals surface area contributed by atoms with Crippen LogP contribution in [0.3, 0.4) is 0 Å². The molecule has 1 amide bonds. The van der Waals surface area contributed by atoms with Gasteiger partial charge in [0, 0.05) is 30.1 Å². The summed E-state index contributed by atoms with van der Waals surface area (Å²) in [5.41, 5.74) is 0. The van der Waals surface area contributed by atoms with Crippen molar-refractivity contribution in [3.05, 3.63) is 0 Å². The van der Waals surface area contributed by atoms with Gasteiger partial charge in [0.1, 0.15) is 0 Å². The van der Waals surface area contributed by atoms with Crippen LogP contribution in [-0.2, 0) is 4.79 Å². The summed E-state index contributed by atoms with van der Waals surface area (Å²) in [4.78, 5) is 13.7. The normalized spacial score (nSPS) is 27.7. The Balaban J connectivity index is 2.33. The molecule has 1 fully saturated rings. The van der Waals surface area contributed by atoms with Crippen molar-refractivity contribution in [2.24, 2.45) is 0 Å². The van der Waals surface area contributed by atoms with Crippen molar-refractivity contribution in [1.82, 2.24) is 10.2 Å². The van der Waals surface area contributed by atoms with E-state index in [0.29, 0.717) is 24.4 Å². The largest absolute Gasteiger partial charge is 0.395 e. The first kappa shape index (κ1) is 12.8. The van der Waals surface area contributed by atoms with Crippen LogP contribution in [0.15, 0.2) is 0 Å². The quantitative estimate of drug-likeness (QED) is 0.712. The van der Waals surface area contributed by atoms with Gasteiger partial charge in [0.15, 0.2) is 0 Å². The smallest absolute Gasteiger partial charge is 0.234 e. The lowest BCUT2D eigenvalue weighted by atomic mass is 10.2. The molecule has 0 aliphatic carbocycles. The maximum atomic E-state index is 11.5. The van der Waals surface area contributed by atoms with Crippen molar-refractivity contribution < 1.29 is 9.90 Å². The molecule has 2 N–H and O–H groups in total.